The third-order valence-corrected chi connectivity index (χ3v) is 5.47. The number of hydrogen-bond acceptors (Lipinski definition) is 4. The normalized spacial score (nSPS) is 16.8. The van der Waals surface area contributed by atoms with Crippen LogP contribution in [0.15, 0.2) is 12.2 Å². The molecule has 0 aromatic heterocycles. The summed E-state index contributed by atoms with van der Waals surface area (Å²) in [5.41, 5.74) is 0. The van der Waals surface area contributed by atoms with Crippen molar-refractivity contribution in [3.05, 3.63) is 12.2 Å². The van der Waals surface area contributed by atoms with E-state index in [-0.39, 0.29) is 24.1 Å². The van der Waals surface area contributed by atoms with Crippen molar-refractivity contribution in [2.75, 3.05) is 26.2 Å². The average molecular weight is 414 g/mol. The van der Waals surface area contributed by atoms with Gasteiger partial charge in [0.2, 0.25) is 0 Å². The minimum Gasteiger partial charge on any atom is -0.550 e. The van der Waals surface area contributed by atoms with Crippen LogP contribution in [-0.2, 0) is 14.4 Å². The highest BCUT2D eigenvalue weighted by Crippen LogP contribution is 2.21. The molecule has 2 N–H and O–H groups in total. The minimum absolute atomic E-state index is 0.175. The summed E-state index contributed by atoms with van der Waals surface area (Å²) in [5, 5.41) is 30.1. The lowest BCUT2D eigenvalue weighted by Crippen LogP contribution is -2.58. The van der Waals surface area contributed by atoms with Gasteiger partial charge in [-0.3, -0.25) is 9.59 Å². The molecule has 7 heteroatoms. The van der Waals surface area contributed by atoms with E-state index in [0.717, 1.165) is 38.5 Å². The molecule has 0 aliphatic carbocycles. The monoisotopic (exact) mass is 413 g/mol. The van der Waals surface area contributed by atoms with Crippen molar-refractivity contribution in [2.45, 2.75) is 66.2 Å². The van der Waals surface area contributed by atoms with Crippen molar-refractivity contribution >= 4 is 17.9 Å². The van der Waals surface area contributed by atoms with Gasteiger partial charge >= 0.3 is 11.9 Å². The zero-order valence-electron chi connectivity index (χ0n) is 18.4. The third kappa shape index (κ3) is 11.6. The van der Waals surface area contributed by atoms with Crippen LogP contribution in [-0.4, -0.2) is 58.8 Å². The van der Waals surface area contributed by atoms with Gasteiger partial charge in [-0.15, -0.1) is 0 Å². The van der Waals surface area contributed by atoms with Crippen molar-refractivity contribution in [2.24, 2.45) is 17.8 Å². The molecule has 0 saturated heterocycles. The van der Waals surface area contributed by atoms with Crippen LogP contribution in [0.1, 0.15) is 66.2 Å². The summed E-state index contributed by atoms with van der Waals surface area (Å²) in [6, 6.07) is 0. The number of carbonyl (C=O) groups is 3. The van der Waals surface area contributed by atoms with Crippen LogP contribution in [0.3, 0.4) is 0 Å². The average Bonchev–Trinajstić information content (AvgIpc) is 2.63. The third-order valence-electron chi connectivity index (χ3n) is 5.47. The Bertz CT molecular complexity index is 490. The van der Waals surface area contributed by atoms with E-state index in [4.69, 9.17) is 0 Å². The number of quaternary nitrogens is 1. The Kier molecular flexibility index (Phi) is 13.2. The molecule has 3 atom stereocenters. The summed E-state index contributed by atoms with van der Waals surface area (Å²) < 4.78 is 0.175. The first-order valence-corrected chi connectivity index (χ1v) is 10.7. The van der Waals surface area contributed by atoms with Gasteiger partial charge in [-0.2, -0.15) is 0 Å². The first-order valence-electron chi connectivity index (χ1n) is 10.7. The van der Waals surface area contributed by atoms with Crippen LogP contribution >= 0.6 is 0 Å². The van der Waals surface area contributed by atoms with Gasteiger partial charge < -0.3 is 24.6 Å². The lowest BCUT2D eigenvalue weighted by molar-refractivity contribution is -0.934. The van der Waals surface area contributed by atoms with Crippen molar-refractivity contribution in [1.29, 1.82) is 0 Å². The van der Waals surface area contributed by atoms with Crippen molar-refractivity contribution in [1.82, 2.24) is 0 Å². The largest absolute Gasteiger partial charge is 0.550 e. The molecule has 0 rings (SSSR count). The Hall–Kier alpha value is -1.89. The number of carboxylic acid groups (broad SMARTS) is 3. The SMILES string of the molecule is C/C=C/CCCCCCC[N+](CC(C)C(=O)[O-])(CC(C)C(=O)O)CC(C)C(=O)O. The zero-order valence-corrected chi connectivity index (χ0v) is 18.4. The Labute approximate surface area is 175 Å². The Morgan fingerprint density at radius 2 is 1.28 bits per heavy atom. The molecule has 0 amide bonds. The molecule has 3 unspecified atom stereocenters. The molecule has 0 fully saturated rings. The van der Waals surface area contributed by atoms with Crippen LogP contribution in [0.2, 0.25) is 0 Å². The second-order valence-electron chi connectivity index (χ2n) is 8.44. The van der Waals surface area contributed by atoms with Crippen LogP contribution < -0.4 is 5.11 Å². The first kappa shape index (κ1) is 27.1. The maximum absolute atomic E-state index is 11.5. The van der Waals surface area contributed by atoms with Crippen molar-refractivity contribution in [3.63, 3.8) is 0 Å². The molecule has 0 radical (unpaired) electrons. The van der Waals surface area contributed by atoms with E-state index in [1.54, 1.807) is 20.8 Å². The summed E-state index contributed by atoms with van der Waals surface area (Å²) in [6.45, 7) is 7.90. The number of carbonyl (C=O) groups excluding carboxylic acids is 1. The Balaban J connectivity index is 5.22. The number of allylic oxidation sites excluding steroid dienone is 2. The second kappa shape index (κ2) is 14.1. The topological polar surface area (TPSA) is 115 Å². The second-order valence-corrected chi connectivity index (χ2v) is 8.44. The van der Waals surface area contributed by atoms with E-state index in [1.807, 2.05) is 13.0 Å². The fourth-order valence-corrected chi connectivity index (χ4v) is 3.88. The van der Waals surface area contributed by atoms with Gasteiger partial charge in [-0.1, -0.05) is 31.9 Å². The first-order chi connectivity index (χ1) is 13.5. The smallest absolute Gasteiger partial charge is 0.311 e. The van der Waals surface area contributed by atoms with Gasteiger partial charge in [0.15, 0.2) is 0 Å². The van der Waals surface area contributed by atoms with Gasteiger partial charge in [0.1, 0.15) is 11.8 Å². The van der Waals surface area contributed by atoms with E-state index < -0.39 is 35.7 Å². The van der Waals surface area contributed by atoms with E-state index in [9.17, 15) is 29.7 Å². The van der Waals surface area contributed by atoms with Crippen LogP contribution in [0.5, 0.6) is 0 Å². The van der Waals surface area contributed by atoms with Crippen LogP contribution in [0, 0.1) is 17.8 Å². The number of rotatable bonds is 17. The molecule has 0 bridgehead atoms. The quantitative estimate of drug-likeness (QED) is 0.215. The predicted molar refractivity (Wildman–Crippen MR) is 110 cm³/mol. The van der Waals surface area contributed by atoms with Gasteiger partial charge in [-0.05, 0) is 46.5 Å². The fraction of sp³-hybridized carbons (Fsp3) is 0.773. The van der Waals surface area contributed by atoms with Crippen molar-refractivity contribution < 1.29 is 34.2 Å². The number of nitrogens with zero attached hydrogens (tertiary/aromatic N) is 1. The maximum Gasteiger partial charge on any atom is 0.311 e. The molecule has 0 saturated carbocycles. The number of carboxylic acids is 3. The molecule has 0 heterocycles. The summed E-state index contributed by atoms with van der Waals surface area (Å²) in [7, 11) is 0. The molecule has 0 spiro atoms. The molecule has 7 nitrogen and oxygen atoms in total. The summed E-state index contributed by atoms with van der Waals surface area (Å²) in [5.74, 6) is -5.27. The highest BCUT2D eigenvalue weighted by atomic mass is 16.4. The zero-order chi connectivity index (χ0) is 22.4. The van der Waals surface area contributed by atoms with Gasteiger partial charge in [0, 0.05) is 11.9 Å². The Morgan fingerprint density at radius 1 is 0.828 bits per heavy atom. The minimum atomic E-state index is -1.19. The number of hydrogen-bond donors (Lipinski definition) is 2. The summed E-state index contributed by atoms with van der Waals surface area (Å²) >= 11 is 0. The highest BCUT2D eigenvalue weighted by Gasteiger charge is 2.36. The van der Waals surface area contributed by atoms with Gasteiger partial charge in [0.05, 0.1) is 26.2 Å². The molecule has 0 aromatic rings. The molecular formula is C22H39NO6. The van der Waals surface area contributed by atoms with Crippen molar-refractivity contribution in [3.8, 4) is 0 Å². The molecule has 29 heavy (non-hydrogen) atoms. The number of unbranched alkanes of at least 4 members (excludes halogenated alkanes) is 5. The Morgan fingerprint density at radius 3 is 1.72 bits per heavy atom. The van der Waals surface area contributed by atoms with E-state index in [2.05, 4.69) is 6.08 Å². The predicted octanol–water partition coefficient (Wildman–Crippen LogP) is 2.55. The highest BCUT2D eigenvalue weighted by molar-refractivity contribution is 5.70. The lowest BCUT2D eigenvalue weighted by Gasteiger charge is -2.43. The standard InChI is InChI=1S/C22H39NO6/c1-5-6-7-8-9-10-11-12-13-23(14-17(2)20(24)25,15-18(3)21(26)27)16-19(4)22(28)29/h5-6,17-19H,7-16H2,1-4H3,(H2-,24,25,26,27,28,29)/b6-5+. The molecule has 168 valence electrons. The van der Waals surface area contributed by atoms with Gasteiger partial charge in [-0.25, -0.2) is 0 Å². The van der Waals surface area contributed by atoms with Gasteiger partial charge in [0.25, 0.3) is 0 Å². The summed E-state index contributed by atoms with van der Waals surface area (Å²) in [4.78, 5) is 34.3. The molecular weight excluding hydrogens is 374 g/mol. The van der Waals surface area contributed by atoms with E-state index >= 15 is 0 Å². The van der Waals surface area contributed by atoms with Crippen LogP contribution in [0.4, 0.5) is 0 Å². The molecule has 0 aromatic carbocycles. The van der Waals surface area contributed by atoms with E-state index in [0.29, 0.717) is 6.54 Å². The maximum atomic E-state index is 11.5. The lowest BCUT2D eigenvalue weighted by atomic mass is 10.0. The molecule has 0 aliphatic heterocycles. The summed E-state index contributed by atoms with van der Waals surface area (Å²) in [6.07, 6.45) is 10.3. The number of aliphatic carboxylic acids is 3. The molecule has 0 aliphatic rings. The van der Waals surface area contributed by atoms with Crippen LogP contribution in [0.25, 0.3) is 0 Å². The van der Waals surface area contributed by atoms with E-state index in [1.165, 1.54) is 0 Å². The fourth-order valence-electron chi connectivity index (χ4n) is 3.88.